The highest BCUT2D eigenvalue weighted by atomic mass is 19.1. The van der Waals surface area contributed by atoms with E-state index < -0.39 is 0 Å². The lowest BCUT2D eigenvalue weighted by atomic mass is 10.1. The van der Waals surface area contributed by atoms with Crippen LogP contribution in [0.15, 0.2) is 60.8 Å². The first-order valence-electron chi connectivity index (χ1n) is 8.82. The number of nitrogens with one attached hydrogen (secondary N) is 1. The number of nitrogens with zero attached hydrogens (tertiary/aromatic N) is 2. The van der Waals surface area contributed by atoms with Crippen LogP contribution in [-0.4, -0.2) is 17.0 Å². The quantitative estimate of drug-likeness (QED) is 0.645. The number of amides is 1. The van der Waals surface area contributed by atoms with Gasteiger partial charge in [-0.05, 0) is 36.3 Å². The molecule has 3 aromatic rings. The summed E-state index contributed by atoms with van der Waals surface area (Å²) in [6.07, 6.45) is 6.35. The summed E-state index contributed by atoms with van der Waals surface area (Å²) in [5.74, 6) is -0.439. The van der Waals surface area contributed by atoms with Crippen molar-refractivity contribution in [3.8, 4) is 6.07 Å². The zero-order chi connectivity index (χ0) is 19.1. The summed E-state index contributed by atoms with van der Waals surface area (Å²) in [4.78, 5) is 12.1. The Balaban J connectivity index is 1.62. The molecular weight excluding hydrogens is 341 g/mol. The fourth-order valence-corrected chi connectivity index (χ4v) is 2.97. The summed E-state index contributed by atoms with van der Waals surface area (Å²) in [5.41, 5.74) is 2.96. The van der Waals surface area contributed by atoms with Crippen molar-refractivity contribution in [1.29, 1.82) is 5.26 Å². The van der Waals surface area contributed by atoms with Crippen LogP contribution in [0.2, 0.25) is 0 Å². The van der Waals surface area contributed by atoms with Crippen molar-refractivity contribution in [1.82, 2.24) is 9.88 Å². The van der Waals surface area contributed by atoms with Crippen LogP contribution < -0.4 is 5.32 Å². The Morgan fingerprint density at radius 1 is 1.19 bits per heavy atom. The van der Waals surface area contributed by atoms with Crippen LogP contribution >= 0.6 is 0 Å². The van der Waals surface area contributed by atoms with Crippen LogP contribution in [0.1, 0.15) is 17.5 Å². The number of hydrogen-bond acceptors (Lipinski definition) is 2. The van der Waals surface area contributed by atoms with Gasteiger partial charge in [0, 0.05) is 41.8 Å². The topological polar surface area (TPSA) is 57.8 Å². The Morgan fingerprint density at radius 2 is 1.96 bits per heavy atom. The molecule has 4 nitrogen and oxygen atoms in total. The zero-order valence-electron chi connectivity index (χ0n) is 14.9. The van der Waals surface area contributed by atoms with Gasteiger partial charge in [-0.2, -0.15) is 5.26 Å². The van der Waals surface area contributed by atoms with Crippen molar-refractivity contribution in [2.45, 2.75) is 19.4 Å². The predicted molar refractivity (Wildman–Crippen MR) is 104 cm³/mol. The SMILES string of the molecule is N#CCCn1cc(/C=C/C(=O)NCCc2ccc(F)cc2)c2ccccc21. The third-order valence-electron chi connectivity index (χ3n) is 4.32. The van der Waals surface area contributed by atoms with Gasteiger partial charge in [-0.3, -0.25) is 4.79 Å². The minimum absolute atomic E-state index is 0.175. The van der Waals surface area contributed by atoms with Crippen LogP contribution in [0, 0.1) is 17.1 Å². The number of para-hydroxylation sites is 1. The van der Waals surface area contributed by atoms with Gasteiger partial charge in [0.1, 0.15) is 5.82 Å². The average Bonchev–Trinajstić information content (AvgIpc) is 3.04. The molecular formula is C22H20FN3O. The summed E-state index contributed by atoms with van der Waals surface area (Å²) >= 11 is 0. The fourth-order valence-electron chi connectivity index (χ4n) is 2.97. The molecule has 27 heavy (non-hydrogen) atoms. The molecule has 1 amide bonds. The molecule has 0 aliphatic carbocycles. The summed E-state index contributed by atoms with van der Waals surface area (Å²) in [6.45, 7) is 1.10. The van der Waals surface area contributed by atoms with Crippen LogP contribution in [0.3, 0.4) is 0 Å². The van der Waals surface area contributed by atoms with Gasteiger partial charge in [-0.1, -0.05) is 30.3 Å². The first-order valence-corrected chi connectivity index (χ1v) is 8.82. The number of nitriles is 1. The van der Waals surface area contributed by atoms with Gasteiger partial charge in [0.2, 0.25) is 5.91 Å². The van der Waals surface area contributed by atoms with Crippen molar-refractivity contribution in [2.24, 2.45) is 0 Å². The number of hydrogen-bond donors (Lipinski definition) is 1. The van der Waals surface area contributed by atoms with Crippen molar-refractivity contribution in [2.75, 3.05) is 6.54 Å². The molecule has 0 bridgehead atoms. The number of carbonyl (C=O) groups excluding carboxylic acids is 1. The Hall–Kier alpha value is -3.39. The number of rotatable bonds is 7. The molecule has 1 N–H and O–H groups in total. The number of aryl methyl sites for hydroxylation is 1. The number of aromatic nitrogens is 1. The predicted octanol–water partition coefficient (Wildman–Crippen LogP) is 4.07. The molecule has 0 saturated heterocycles. The van der Waals surface area contributed by atoms with Gasteiger partial charge >= 0.3 is 0 Å². The minimum atomic E-state index is -0.264. The maximum atomic E-state index is 12.9. The zero-order valence-corrected chi connectivity index (χ0v) is 14.9. The molecule has 0 atom stereocenters. The van der Waals surface area contributed by atoms with E-state index in [0.29, 0.717) is 25.9 Å². The Bertz CT molecular complexity index is 997. The third-order valence-corrected chi connectivity index (χ3v) is 4.32. The van der Waals surface area contributed by atoms with Gasteiger partial charge in [0.05, 0.1) is 12.5 Å². The van der Waals surface area contributed by atoms with Crippen LogP contribution in [0.4, 0.5) is 4.39 Å². The summed E-state index contributed by atoms with van der Waals surface area (Å²) in [6, 6.07) is 16.3. The second kappa shape index (κ2) is 8.81. The first kappa shape index (κ1) is 18.4. The molecule has 2 aromatic carbocycles. The number of carbonyl (C=O) groups is 1. The van der Waals surface area contributed by atoms with E-state index in [-0.39, 0.29) is 11.7 Å². The maximum Gasteiger partial charge on any atom is 0.244 e. The molecule has 1 aromatic heterocycles. The highest BCUT2D eigenvalue weighted by molar-refractivity contribution is 5.96. The smallest absolute Gasteiger partial charge is 0.244 e. The molecule has 136 valence electrons. The van der Waals surface area contributed by atoms with E-state index >= 15 is 0 Å². The van der Waals surface area contributed by atoms with Gasteiger partial charge < -0.3 is 9.88 Å². The molecule has 0 aliphatic heterocycles. The Labute approximate surface area is 157 Å². The molecule has 0 aliphatic rings. The summed E-state index contributed by atoms with van der Waals surface area (Å²) in [7, 11) is 0. The summed E-state index contributed by atoms with van der Waals surface area (Å²) in [5, 5.41) is 12.7. The molecule has 0 saturated carbocycles. The fraction of sp³-hybridized carbons (Fsp3) is 0.182. The molecule has 1 heterocycles. The largest absolute Gasteiger partial charge is 0.352 e. The van der Waals surface area contributed by atoms with Gasteiger partial charge in [0.15, 0.2) is 0 Å². The maximum absolute atomic E-state index is 12.9. The lowest BCUT2D eigenvalue weighted by Crippen LogP contribution is -2.23. The molecule has 3 rings (SSSR count). The van der Waals surface area contributed by atoms with Crippen LogP contribution in [0.25, 0.3) is 17.0 Å². The highest BCUT2D eigenvalue weighted by Gasteiger charge is 2.06. The molecule has 0 spiro atoms. The molecule has 0 unspecified atom stereocenters. The van der Waals surface area contributed by atoms with E-state index in [1.165, 1.54) is 18.2 Å². The third kappa shape index (κ3) is 4.83. The lowest BCUT2D eigenvalue weighted by Gasteiger charge is -2.02. The van der Waals surface area contributed by atoms with Crippen molar-refractivity contribution in [3.63, 3.8) is 0 Å². The van der Waals surface area contributed by atoms with Crippen LogP contribution in [0.5, 0.6) is 0 Å². The van der Waals surface area contributed by atoms with E-state index in [2.05, 4.69) is 11.4 Å². The first-order chi connectivity index (χ1) is 13.2. The molecule has 0 radical (unpaired) electrons. The second-order valence-electron chi connectivity index (χ2n) is 6.20. The Morgan fingerprint density at radius 3 is 2.74 bits per heavy atom. The monoisotopic (exact) mass is 361 g/mol. The second-order valence-corrected chi connectivity index (χ2v) is 6.20. The number of fused-ring (bicyclic) bond motifs is 1. The number of benzene rings is 2. The van der Waals surface area contributed by atoms with Crippen molar-refractivity contribution in [3.05, 3.63) is 77.7 Å². The molecule has 0 fully saturated rings. The van der Waals surface area contributed by atoms with E-state index in [0.717, 1.165) is 22.0 Å². The van der Waals surface area contributed by atoms with Crippen LogP contribution in [-0.2, 0) is 17.8 Å². The van der Waals surface area contributed by atoms with E-state index in [9.17, 15) is 9.18 Å². The van der Waals surface area contributed by atoms with Gasteiger partial charge in [0.25, 0.3) is 0 Å². The van der Waals surface area contributed by atoms with E-state index in [1.54, 1.807) is 18.2 Å². The standard InChI is InChI=1S/C22H20FN3O/c23-19-9-6-17(7-10-19)12-14-25-22(27)11-8-18-16-26(15-3-13-24)21-5-2-1-4-20(18)21/h1-2,4-11,16H,3,12,14-15H2,(H,25,27)/b11-8+. The Kier molecular flexibility index (Phi) is 6.01. The van der Waals surface area contributed by atoms with Crippen molar-refractivity contribution >= 4 is 22.9 Å². The lowest BCUT2D eigenvalue weighted by molar-refractivity contribution is -0.116. The number of halogens is 1. The van der Waals surface area contributed by atoms with E-state index in [4.69, 9.17) is 5.26 Å². The van der Waals surface area contributed by atoms with Gasteiger partial charge in [-0.15, -0.1) is 0 Å². The van der Waals surface area contributed by atoms with Crippen molar-refractivity contribution < 1.29 is 9.18 Å². The highest BCUT2D eigenvalue weighted by Crippen LogP contribution is 2.22. The summed E-state index contributed by atoms with van der Waals surface area (Å²) < 4.78 is 14.9. The van der Waals surface area contributed by atoms with Gasteiger partial charge in [-0.25, -0.2) is 4.39 Å². The average molecular weight is 361 g/mol. The minimum Gasteiger partial charge on any atom is -0.352 e. The molecule has 5 heteroatoms. The van der Waals surface area contributed by atoms with E-state index in [1.807, 2.05) is 35.0 Å². The normalized spacial score (nSPS) is 11.0.